The maximum absolute atomic E-state index is 12.5. The summed E-state index contributed by atoms with van der Waals surface area (Å²) in [4.78, 5) is 41.0. The number of fused-ring (bicyclic) bond motifs is 1. The molecule has 0 radical (unpaired) electrons. The topological polar surface area (TPSA) is 109 Å². The van der Waals surface area contributed by atoms with Gasteiger partial charge in [0, 0.05) is 11.9 Å². The fraction of sp³-hybridized carbons (Fsp3) is 0.524. The minimum absolute atomic E-state index is 0.131. The number of aromatic nitrogens is 2. The maximum atomic E-state index is 12.5. The summed E-state index contributed by atoms with van der Waals surface area (Å²) in [6.07, 6.45) is -0.566. The first-order chi connectivity index (χ1) is 14.1. The predicted octanol–water partition coefficient (Wildman–Crippen LogP) is 3.48. The number of carbonyl (C=O) groups is 3. The SMILES string of the molecule is CCOC(=O)c1ccc2cc(C(=O)OCC)n([C@@H](C)CNC(=O)OC(C)(C)C)c2n1. The highest BCUT2D eigenvalue weighted by atomic mass is 16.6. The van der Waals surface area contributed by atoms with E-state index in [2.05, 4.69) is 10.3 Å². The molecule has 9 nitrogen and oxygen atoms in total. The highest BCUT2D eigenvalue weighted by Crippen LogP contribution is 2.24. The van der Waals surface area contributed by atoms with E-state index in [1.807, 2.05) is 6.92 Å². The van der Waals surface area contributed by atoms with Gasteiger partial charge in [-0.15, -0.1) is 0 Å². The van der Waals surface area contributed by atoms with Gasteiger partial charge in [0.25, 0.3) is 0 Å². The van der Waals surface area contributed by atoms with Crippen molar-refractivity contribution in [3.8, 4) is 0 Å². The van der Waals surface area contributed by atoms with Gasteiger partial charge in [-0.25, -0.2) is 19.4 Å². The van der Waals surface area contributed by atoms with Gasteiger partial charge in [0.15, 0.2) is 5.69 Å². The van der Waals surface area contributed by atoms with Gasteiger partial charge in [0.2, 0.25) is 0 Å². The summed E-state index contributed by atoms with van der Waals surface area (Å²) in [5.74, 6) is -1.07. The van der Waals surface area contributed by atoms with Crippen LogP contribution in [0.5, 0.6) is 0 Å². The Bertz CT molecular complexity index is 929. The highest BCUT2D eigenvalue weighted by molar-refractivity contribution is 5.96. The van der Waals surface area contributed by atoms with Crippen LogP contribution in [0.2, 0.25) is 0 Å². The lowest BCUT2D eigenvalue weighted by atomic mass is 10.2. The Balaban J connectivity index is 2.40. The number of nitrogens with zero attached hydrogens (tertiary/aromatic N) is 2. The molecule has 2 aromatic heterocycles. The van der Waals surface area contributed by atoms with Crippen LogP contribution in [0.4, 0.5) is 4.79 Å². The zero-order chi connectivity index (χ0) is 22.5. The summed E-state index contributed by atoms with van der Waals surface area (Å²) in [6.45, 7) is 11.2. The van der Waals surface area contributed by atoms with Gasteiger partial charge in [-0.05, 0) is 59.7 Å². The largest absolute Gasteiger partial charge is 0.461 e. The van der Waals surface area contributed by atoms with Gasteiger partial charge in [0.05, 0.1) is 19.3 Å². The summed E-state index contributed by atoms with van der Waals surface area (Å²) in [5.41, 5.74) is 0.201. The molecule has 1 amide bonds. The first kappa shape index (κ1) is 23.2. The zero-order valence-electron chi connectivity index (χ0n) is 18.3. The first-order valence-corrected chi connectivity index (χ1v) is 9.90. The van der Waals surface area contributed by atoms with Crippen molar-refractivity contribution in [2.75, 3.05) is 19.8 Å². The molecule has 0 aliphatic carbocycles. The lowest BCUT2D eigenvalue weighted by Gasteiger charge is -2.22. The number of amides is 1. The number of alkyl carbamates (subject to hydrolysis) is 1. The van der Waals surface area contributed by atoms with Crippen molar-refractivity contribution in [1.29, 1.82) is 0 Å². The smallest absolute Gasteiger partial charge is 0.407 e. The summed E-state index contributed by atoms with van der Waals surface area (Å²) >= 11 is 0. The highest BCUT2D eigenvalue weighted by Gasteiger charge is 2.24. The molecule has 2 heterocycles. The minimum atomic E-state index is -0.625. The van der Waals surface area contributed by atoms with Crippen molar-refractivity contribution in [1.82, 2.24) is 14.9 Å². The van der Waals surface area contributed by atoms with E-state index in [1.165, 1.54) is 0 Å². The molecule has 0 aromatic carbocycles. The molecule has 2 rings (SSSR count). The Morgan fingerprint density at radius 2 is 1.73 bits per heavy atom. The van der Waals surface area contributed by atoms with Gasteiger partial charge in [-0.3, -0.25) is 0 Å². The van der Waals surface area contributed by atoms with Gasteiger partial charge in [0.1, 0.15) is 16.9 Å². The van der Waals surface area contributed by atoms with E-state index in [4.69, 9.17) is 14.2 Å². The Labute approximate surface area is 175 Å². The van der Waals surface area contributed by atoms with Crippen LogP contribution in [0.1, 0.15) is 68.6 Å². The number of hydrogen-bond acceptors (Lipinski definition) is 7. The van der Waals surface area contributed by atoms with E-state index >= 15 is 0 Å². The Morgan fingerprint density at radius 1 is 1.10 bits per heavy atom. The molecule has 164 valence electrons. The second-order valence-corrected chi connectivity index (χ2v) is 7.68. The number of ether oxygens (including phenoxy) is 3. The molecular formula is C21H29N3O6. The zero-order valence-corrected chi connectivity index (χ0v) is 18.3. The second-order valence-electron chi connectivity index (χ2n) is 7.68. The molecular weight excluding hydrogens is 390 g/mol. The average Bonchev–Trinajstić information content (AvgIpc) is 3.04. The molecule has 9 heteroatoms. The Hall–Kier alpha value is -3.10. The number of esters is 2. The van der Waals surface area contributed by atoms with Crippen LogP contribution >= 0.6 is 0 Å². The lowest BCUT2D eigenvalue weighted by molar-refractivity contribution is 0.0504. The number of hydrogen-bond donors (Lipinski definition) is 1. The van der Waals surface area contributed by atoms with Crippen LogP contribution in [0, 0.1) is 0 Å². The first-order valence-electron chi connectivity index (χ1n) is 9.90. The molecule has 0 spiro atoms. The van der Waals surface area contributed by atoms with Crippen LogP contribution < -0.4 is 5.32 Å². The van der Waals surface area contributed by atoms with Crippen LogP contribution in [0.3, 0.4) is 0 Å². The van der Waals surface area contributed by atoms with Crippen molar-refractivity contribution < 1.29 is 28.6 Å². The molecule has 0 unspecified atom stereocenters. The van der Waals surface area contributed by atoms with Crippen molar-refractivity contribution in [3.05, 3.63) is 29.6 Å². The van der Waals surface area contributed by atoms with Gasteiger partial charge in [-0.2, -0.15) is 0 Å². The summed E-state index contributed by atoms with van der Waals surface area (Å²) in [7, 11) is 0. The molecule has 2 aromatic rings. The van der Waals surface area contributed by atoms with E-state index < -0.39 is 23.6 Å². The van der Waals surface area contributed by atoms with Crippen molar-refractivity contribution in [2.24, 2.45) is 0 Å². The van der Waals surface area contributed by atoms with Gasteiger partial charge in [-0.1, -0.05) is 0 Å². The molecule has 0 saturated carbocycles. The molecule has 0 aliphatic rings. The standard InChI is InChI=1S/C21H29N3O6/c1-7-28-18(25)15-10-9-14-11-16(19(26)29-8-2)24(17(14)23-15)13(3)12-22-20(27)30-21(4,5)6/h9-11,13H,7-8,12H2,1-6H3,(H,22,27)/t13-/m0/s1. The van der Waals surface area contributed by atoms with Crippen molar-refractivity contribution in [3.63, 3.8) is 0 Å². The Kier molecular flexibility index (Phi) is 7.42. The number of carbonyl (C=O) groups excluding carboxylic acids is 3. The van der Waals surface area contributed by atoms with Crippen LogP contribution in [-0.4, -0.2) is 52.9 Å². The van der Waals surface area contributed by atoms with Gasteiger partial charge >= 0.3 is 18.0 Å². The second kappa shape index (κ2) is 9.60. The molecule has 0 aliphatic heterocycles. The molecule has 0 fully saturated rings. The molecule has 1 N–H and O–H groups in total. The van der Waals surface area contributed by atoms with E-state index in [1.54, 1.807) is 57.4 Å². The van der Waals surface area contributed by atoms with E-state index in [-0.39, 0.29) is 37.2 Å². The third-order valence-corrected chi connectivity index (χ3v) is 4.04. The van der Waals surface area contributed by atoms with Crippen molar-refractivity contribution in [2.45, 2.75) is 53.2 Å². The quantitative estimate of drug-likeness (QED) is 0.540. The van der Waals surface area contributed by atoms with Crippen LogP contribution in [-0.2, 0) is 14.2 Å². The predicted molar refractivity (Wildman–Crippen MR) is 111 cm³/mol. The van der Waals surface area contributed by atoms with E-state index in [0.717, 1.165) is 0 Å². The fourth-order valence-electron chi connectivity index (χ4n) is 2.86. The monoisotopic (exact) mass is 419 g/mol. The number of rotatable bonds is 7. The summed E-state index contributed by atoms with van der Waals surface area (Å²) in [5, 5.41) is 3.36. The van der Waals surface area contributed by atoms with Crippen molar-refractivity contribution >= 4 is 29.1 Å². The summed E-state index contributed by atoms with van der Waals surface area (Å²) < 4.78 is 17.1. The van der Waals surface area contributed by atoms with Crippen LogP contribution in [0.25, 0.3) is 11.0 Å². The normalized spacial score (nSPS) is 12.3. The lowest BCUT2D eigenvalue weighted by Crippen LogP contribution is -2.35. The molecule has 0 saturated heterocycles. The molecule has 30 heavy (non-hydrogen) atoms. The molecule has 1 atom stereocenters. The van der Waals surface area contributed by atoms with E-state index in [0.29, 0.717) is 11.0 Å². The average molecular weight is 419 g/mol. The molecule has 0 bridgehead atoms. The number of pyridine rings is 1. The third-order valence-electron chi connectivity index (χ3n) is 4.04. The fourth-order valence-corrected chi connectivity index (χ4v) is 2.86. The maximum Gasteiger partial charge on any atom is 0.407 e. The number of nitrogens with one attached hydrogen (secondary N) is 1. The summed E-state index contributed by atoms with van der Waals surface area (Å²) in [6, 6.07) is 4.52. The van der Waals surface area contributed by atoms with E-state index in [9.17, 15) is 14.4 Å². The third kappa shape index (κ3) is 5.71. The van der Waals surface area contributed by atoms with Gasteiger partial charge < -0.3 is 24.1 Å². The Morgan fingerprint density at radius 3 is 2.33 bits per heavy atom. The minimum Gasteiger partial charge on any atom is -0.461 e. The van der Waals surface area contributed by atoms with Crippen LogP contribution in [0.15, 0.2) is 18.2 Å².